The van der Waals surface area contributed by atoms with Crippen molar-refractivity contribution in [3.63, 3.8) is 0 Å². The number of carbonyl (C=O) groups excluding carboxylic acids is 2. The van der Waals surface area contributed by atoms with Crippen LogP contribution < -0.4 is 10.6 Å². The van der Waals surface area contributed by atoms with E-state index in [4.69, 9.17) is 10.7 Å². The van der Waals surface area contributed by atoms with Gasteiger partial charge in [-0.1, -0.05) is 24.3 Å². The molecule has 0 saturated heterocycles. The zero-order valence-electron chi connectivity index (χ0n) is 15.1. The Balaban J connectivity index is 1.98. The van der Waals surface area contributed by atoms with E-state index in [2.05, 4.69) is 18.7 Å². The first-order valence-electron chi connectivity index (χ1n) is 8.90. The predicted octanol–water partition coefficient (Wildman–Crippen LogP) is 3.34. The summed E-state index contributed by atoms with van der Waals surface area (Å²) in [5.74, 6) is -1.67. The number of benzene rings is 2. The number of ketones is 1. The van der Waals surface area contributed by atoms with Gasteiger partial charge in [-0.05, 0) is 38.1 Å². The fourth-order valence-electron chi connectivity index (χ4n) is 3.35. The van der Waals surface area contributed by atoms with Gasteiger partial charge in [0.25, 0.3) is 0 Å². The molecule has 26 heavy (non-hydrogen) atoms. The summed E-state index contributed by atoms with van der Waals surface area (Å²) < 4.78 is 0. The molecule has 1 aliphatic carbocycles. The van der Waals surface area contributed by atoms with Gasteiger partial charge in [0.15, 0.2) is 5.78 Å². The number of carbonyl (C=O) groups is 2. The fourth-order valence-corrected chi connectivity index (χ4v) is 3.35. The van der Waals surface area contributed by atoms with Crippen LogP contribution in [0, 0.1) is 5.92 Å². The summed E-state index contributed by atoms with van der Waals surface area (Å²) in [6.07, 6.45) is 0.239. The lowest BCUT2D eigenvalue weighted by atomic mass is 9.81. The number of aliphatic imine (C=N–C) groups is 1. The highest BCUT2D eigenvalue weighted by Gasteiger charge is 2.34. The van der Waals surface area contributed by atoms with E-state index < -0.39 is 11.8 Å². The molecule has 1 aliphatic rings. The molecular weight excluding hydrogens is 326 g/mol. The molecule has 0 heterocycles. The van der Waals surface area contributed by atoms with Crippen LogP contribution in [-0.2, 0) is 4.79 Å². The maximum atomic E-state index is 12.5. The molecule has 134 valence electrons. The van der Waals surface area contributed by atoms with Crippen molar-refractivity contribution in [3.05, 3.63) is 59.7 Å². The maximum Gasteiger partial charge on any atom is 0.228 e. The molecule has 1 unspecified atom stereocenters. The maximum absolute atomic E-state index is 12.5. The Hall–Kier alpha value is -2.95. The van der Waals surface area contributed by atoms with Crippen LogP contribution in [0.2, 0.25) is 0 Å². The van der Waals surface area contributed by atoms with Gasteiger partial charge in [0.05, 0.1) is 11.4 Å². The minimum Gasteiger partial charge on any atom is -0.372 e. The number of hydrogen-bond donors (Lipinski definition) is 1. The van der Waals surface area contributed by atoms with Crippen LogP contribution in [0.4, 0.5) is 11.4 Å². The highest BCUT2D eigenvalue weighted by Crippen LogP contribution is 2.29. The predicted molar refractivity (Wildman–Crippen MR) is 104 cm³/mol. The molecule has 1 amide bonds. The molecule has 0 saturated carbocycles. The van der Waals surface area contributed by atoms with Crippen LogP contribution in [0.3, 0.4) is 0 Å². The molecule has 0 bridgehead atoms. The molecule has 2 N–H and O–H groups in total. The van der Waals surface area contributed by atoms with Crippen molar-refractivity contribution in [1.82, 2.24) is 0 Å². The SMILES string of the molecule is CCN(CC)c1ccc(N=C2CC(C(N)=O)C(=O)c3ccccc32)cc1. The summed E-state index contributed by atoms with van der Waals surface area (Å²) in [6, 6.07) is 15.2. The van der Waals surface area contributed by atoms with Gasteiger partial charge in [0.2, 0.25) is 5.91 Å². The molecule has 0 aliphatic heterocycles. The molecule has 2 aromatic carbocycles. The molecule has 5 heteroatoms. The number of Topliss-reactive ketones (excluding diaryl/α,β-unsaturated/α-hetero) is 1. The zero-order valence-corrected chi connectivity index (χ0v) is 15.1. The van der Waals surface area contributed by atoms with Crippen LogP contribution in [0.15, 0.2) is 53.5 Å². The summed E-state index contributed by atoms with van der Waals surface area (Å²) >= 11 is 0. The Kier molecular flexibility index (Phi) is 5.16. The topological polar surface area (TPSA) is 75.8 Å². The average molecular weight is 349 g/mol. The van der Waals surface area contributed by atoms with Crippen molar-refractivity contribution in [2.45, 2.75) is 20.3 Å². The Labute approximate surface area is 153 Å². The monoisotopic (exact) mass is 349 g/mol. The minimum atomic E-state index is -0.849. The first-order valence-corrected chi connectivity index (χ1v) is 8.90. The second-order valence-electron chi connectivity index (χ2n) is 6.32. The lowest BCUT2D eigenvalue weighted by Gasteiger charge is -2.23. The molecule has 2 aromatic rings. The average Bonchev–Trinajstić information content (AvgIpc) is 2.66. The first kappa shape index (κ1) is 17.9. The van der Waals surface area contributed by atoms with Crippen LogP contribution in [0.1, 0.15) is 36.2 Å². The Bertz CT molecular complexity index is 852. The third-order valence-electron chi connectivity index (χ3n) is 4.80. The number of fused-ring (bicyclic) bond motifs is 1. The lowest BCUT2D eigenvalue weighted by molar-refractivity contribution is -0.120. The number of primary amides is 1. The van der Waals surface area contributed by atoms with Crippen LogP contribution in [-0.4, -0.2) is 30.5 Å². The van der Waals surface area contributed by atoms with Crippen LogP contribution in [0.5, 0.6) is 0 Å². The van der Waals surface area contributed by atoms with Gasteiger partial charge < -0.3 is 10.6 Å². The van der Waals surface area contributed by atoms with Crippen LogP contribution >= 0.6 is 0 Å². The zero-order chi connectivity index (χ0) is 18.7. The number of amides is 1. The van der Waals surface area contributed by atoms with Gasteiger partial charge >= 0.3 is 0 Å². The van der Waals surface area contributed by atoms with Gasteiger partial charge in [-0.3, -0.25) is 14.6 Å². The molecule has 0 radical (unpaired) electrons. The van der Waals surface area contributed by atoms with Crippen molar-refractivity contribution in [1.29, 1.82) is 0 Å². The second kappa shape index (κ2) is 7.52. The van der Waals surface area contributed by atoms with Crippen LogP contribution in [0.25, 0.3) is 0 Å². The number of anilines is 1. The van der Waals surface area contributed by atoms with Gasteiger partial charge in [-0.15, -0.1) is 0 Å². The smallest absolute Gasteiger partial charge is 0.228 e. The number of hydrogen-bond acceptors (Lipinski definition) is 4. The van der Waals surface area contributed by atoms with E-state index >= 15 is 0 Å². The number of rotatable bonds is 5. The minimum absolute atomic E-state index is 0.219. The van der Waals surface area contributed by atoms with E-state index in [1.54, 1.807) is 12.1 Å². The molecule has 0 fully saturated rings. The third-order valence-corrected chi connectivity index (χ3v) is 4.80. The number of nitrogens with zero attached hydrogens (tertiary/aromatic N) is 2. The highest BCUT2D eigenvalue weighted by molar-refractivity contribution is 6.22. The Morgan fingerprint density at radius 1 is 1.08 bits per heavy atom. The molecule has 0 spiro atoms. The molecular formula is C21H23N3O2. The highest BCUT2D eigenvalue weighted by atomic mass is 16.2. The largest absolute Gasteiger partial charge is 0.372 e. The summed E-state index contributed by atoms with van der Waals surface area (Å²) in [5, 5.41) is 0. The van der Waals surface area contributed by atoms with Gasteiger partial charge in [-0.2, -0.15) is 0 Å². The Morgan fingerprint density at radius 3 is 2.27 bits per heavy atom. The fraction of sp³-hybridized carbons (Fsp3) is 0.286. The van der Waals surface area contributed by atoms with Gasteiger partial charge in [-0.25, -0.2) is 0 Å². The summed E-state index contributed by atoms with van der Waals surface area (Å²) in [4.78, 5) is 31.2. The molecule has 1 atom stereocenters. The quantitative estimate of drug-likeness (QED) is 0.841. The standard InChI is InChI=1S/C21H23N3O2/c1-3-24(4-2)15-11-9-14(10-12-15)23-19-13-18(21(22)26)20(25)17-8-6-5-7-16(17)19/h5-12,18H,3-4,13H2,1-2H3,(H2,22,26). The summed E-state index contributed by atoms with van der Waals surface area (Å²) in [7, 11) is 0. The molecule has 3 rings (SSSR count). The molecule has 0 aromatic heterocycles. The normalized spacial score (nSPS) is 17.8. The van der Waals surface area contributed by atoms with E-state index in [9.17, 15) is 9.59 Å². The van der Waals surface area contributed by atoms with Crippen molar-refractivity contribution in [2.24, 2.45) is 16.6 Å². The van der Waals surface area contributed by atoms with Gasteiger partial charge in [0, 0.05) is 36.3 Å². The third kappa shape index (κ3) is 3.38. The number of nitrogens with two attached hydrogens (primary N) is 1. The van der Waals surface area contributed by atoms with E-state index in [0.717, 1.165) is 35.7 Å². The van der Waals surface area contributed by atoms with E-state index in [1.807, 2.05) is 36.4 Å². The van der Waals surface area contributed by atoms with Crippen molar-refractivity contribution < 1.29 is 9.59 Å². The van der Waals surface area contributed by atoms with Gasteiger partial charge in [0.1, 0.15) is 5.92 Å². The second-order valence-corrected chi connectivity index (χ2v) is 6.32. The van der Waals surface area contributed by atoms with E-state index in [1.165, 1.54) is 0 Å². The van der Waals surface area contributed by atoms with Crippen molar-refractivity contribution >= 4 is 28.8 Å². The summed E-state index contributed by atoms with van der Waals surface area (Å²) in [6.45, 7) is 6.13. The molecule has 5 nitrogen and oxygen atoms in total. The van der Waals surface area contributed by atoms with Crippen molar-refractivity contribution in [3.8, 4) is 0 Å². The Morgan fingerprint density at radius 2 is 1.69 bits per heavy atom. The first-order chi connectivity index (χ1) is 12.5. The lowest BCUT2D eigenvalue weighted by Crippen LogP contribution is -2.36. The summed E-state index contributed by atoms with van der Waals surface area (Å²) in [5.41, 5.74) is 9.39. The van der Waals surface area contributed by atoms with Crippen molar-refractivity contribution in [2.75, 3.05) is 18.0 Å². The van der Waals surface area contributed by atoms with E-state index in [-0.39, 0.29) is 12.2 Å². The van der Waals surface area contributed by atoms with E-state index in [0.29, 0.717) is 5.56 Å².